The van der Waals surface area contributed by atoms with Gasteiger partial charge in [0.15, 0.2) is 0 Å². The molecule has 39 heavy (non-hydrogen) atoms. The Labute approximate surface area is 239 Å². The Balaban J connectivity index is 0.000000293. The molecular formula is C32H35BrO6. The maximum atomic E-state index is 11.1. The largest absolute Gasteiger partial charge is 0.464 e. The molecular weight excluding hydrogens is 560 g/mol. The number of benzene rings is 3. The molecule has 0 saturated heterocycles. The zero-order valence-electron chi connectivity index (χ0n) is 22.5. The highest BCUT2D eigenvalue weighted by molar-refractivity contribution is 9.10. The number of hydrogen-bond donors (Lipinski definition) is 0. The number of ether oxygens (including phenoxy) is 4. The van der Waals surface area contributed by atoms with E-state index in [9.17, 15) is 9.59 Å². The van der Waals surface area contributed by atoms with Crippen molar-refractivity contribution in [1.82, 2.24) is 0 Å². The van der Waals surface area contributed by atoms with E-state index in [4.69, 9.17) is 18.9 Å². The van der Waals surface area contributed by atoms with Crippen molar-refractivity contribution in [2.75, 3.05) is 39.6 Å². The molecule has 7 heteroatoms. The third kappa shape index (κ3) is 14.9. The summed E-state index contributed by atoms with van der Waals surface area (Å²) in [6.45, 7) is 5.40. The molecule has 0 amide bonds. The maximum Gasteiger partial charge on any atom is 0.332 e. The van der Waals surface area contributed by atoms with Gasteiger partial charge in [0.2, 0.25) is 0 Å². The highest BCUT2D eigenvalue weighted by atomic mass is 79.9. The molecule has 0 heterocycles. The fraction of sp³-hybridized carbons (Fsp3) is 0.312. The Morgan fingerprint density at radius 1 is 0.641 bits per heavy atom. The van der Waals surface area contributed by atoms with Crippen LogP contribution in [0.2, 0.25) is 0 Å². The minimum atomic E-state index is -0.320. The first-order valence-electron chi connectivity index (χ1n) is 12.9. The van der Waals surface area contributed by atoms with E-state index in [1.54, 1.807) is 13.8 Å². The van der Waals surface area contributed by atoms with Crippen molar-refractivity contribution in [2.24, 2.45) is 0 Å². The zero-order chi connectivity index (χ0) is 28.1. The van der Waals surface area contributed by atoms with Gasteiger partial charge < -0.3 is 18.9 Å². The van der Waals surface area contributed by atoms with E-state index < -0.39 is 0 Å². The van der Waals surface area contributed by atoms with Crippen molar-refractivity contribution in [3.8, 4) is 11.8 Å². The summed E-state index contributed by atoms with van der Waals surface area (Å²) in [5.74, 6) is 5.65. The number of rotatable bonds is 12. The van der Waals surface area contributed by atoms with E-state index in [1.807, 2.05) is 78.9 Å². The van der Waals surface area contributed by atoms with Crippen molar-refractivity contribution in [3.63, 3.8) is 0 Å². The van der Waals surface area contributed by atoms with Gasteiger partial charge in [-0.3, -0.25) is 0 Å². The van der Waals surface area contributed by atoms with Crippen LogP contribution in [0.1, 0.15) is 36.1 Å². The van der Waals surface area contributed by atoms with Crippen LogP contribution < -0.4 is 0 Å². The number of esters is 2. The number of hydrogen-bond acceptors (Lipinski definition) is 6. The standard InChI is InChI=1S/C20H20O3.C12H15BrO3/c1-2-23-20(21)16-22-15-14-19-12-10-18(11-13-19)9-8-17-6-4-3-5-7-17;1-2-16-12(14)9-15-8-7-10-3-5-11(13)6-4-10/h3-7,10-13H,2,14-16H2,1H3;3-6H,2,7-9H2,1H3. The fourth-order valence-corrected chi connectivity index (χ4v) is 3.43. The molecule has 0 radical (unpaired) electrons. The molecule has 0 unspecified atom stereocenters. The first-order valence-corrected chi connectivity index (χ1v) is 13.7. The summed E-state index contributed by atoms with van der Waals surface area (Å²) in [5.41, 5.74) is 4.32. The average Bonchev–Trinajstić information content (AvgIpc) is 2.95. The molecule has 0 bridgehead atoms. The van der Waals surface area contributed by atoms with E-state index >= 15 is 0 Å². The fourth-order valence-electron chi connectivity index (χ4n) is 3.17. The Morgan fingerprint density at radius 2 is 1.08 bits per heavy atom. The lowest BCUT2D eigenvalue weighted by atomic mass is 10.1. The topological polar surface area (TPSA) is 71.1 Å². The number of halogens is 1. The van der Waals surface area contributed by atoms with E-state index in [-0.39, 0.29) is 25.2 Å². The zero-order valence-corrected chi connectivity index (χ0v) is 24.1. The maximum absolute atomic E-state index is 11.1. The van der Waals surface area contributed by atoms with Gasteiger partial charge in [-0.05, 0) is 74.2 Å². The van der Waals surface area contributed by atoms with Gasteiger partial charge in [0, 0.05) is 15.6 Å². The van der Waals surface area contributed by atoms with Gasteiger partial charge in [-0.1, -0.05) is 70.2 Å². The molecule has 3 aromatic carbocycles. The van der Waals surface area contributed by atoms with E-state index in [1.165, 1.54) is 5.56 Å². The molecule has 0 saturated carbocycles. The van der Waals surface area contributed by atoms with Gasteiger partial charge in [0.1, 0.15) is 13.2 Å². The van der Waals surface area contributed by atoms with Crippen LogP contribution in [-0.2, 0) is 41.4 Å². The van der Waals surface area contributed by atoms with Gasteiger partial charge in [-0.25, -0.2) is 9.59 Å². The van der Waals surface area contributed by atoms with E-state index in [2.05, 4.69) is 27.8 Å². The molecule has 0 N–H and O–H groups in total. The highest BCUT2D eigenvalue weighted by Crippen LogP contribution is 2.11. The summed E-state index contributed by atoms with van der Waals surface area (Å²) >= 11 is 3.37. The predicted molar refractivity (Wildman–Crippen MR) is 155 cm³/mol. The lowest BCUT2D eigenvalue weighted by Gasteiger charge is -2.04. The monoisotopic (exact) mass is 594 g/mol. The molecule has 0 atom stereocenters. The minimum absolute atomic E-state index is 0.00841. The van der Waals surface area contributed by atoms with Gasteiger partial charge in [0.25, 0.3) is 0 Å². The third-order valence-corrected chi connectivity index (χ3v) is 5.64. The van der Waals surface area contributed by atoms with Crippen molar-refractivity contribution >= 4 is 27.9 Å². The molecule has 0 spiro atoms. The van der Waals surface area contributed by atoms with Crippen molar-refractivity contribution in [3.05, 3.63) is 106 Å². The van der Waals surface area contributed by atoms with Crippen LogP contribution in [0, 0.1) is 11.8 Å². The predicted octanol–water partition coefficient (Wildman–Crippen LogP) is 5.78. The summed E-state index contributed by atoms with van der Waals surface area (Å²) in [7, 11) is 0. The van der Waals surface area contributed by atoms with Crippen LogP contribution in [0.15, 0.2) is 83.3 Å². The molecule has 0 aliphatic carbocycles. The summed E-state index contributed by atoms with van der Waals surface area (Å²) in [4.78, 5) is 22.1. The van der Waals surface area contributed by atoms with Gasteiger partial charge in [-0.15, -0.1) is 0 Å². The molecule has 3 aromatic rings. The summed E-state index contributed by atoms with van der Waals surface area (Å²) in [5, 5.41) is 0. The molecule has 0 aliphatic rings. The number of carbonyl (C=O) groups excluding carboxylic acids is 2. The van der Waals surface area contributed by atoms with Crippen LogP contribution in [0.5, 0.6) is 0 Å². The highest BCUT2D eigenvalue weighted by Gasteiger charge is 2.02. The summed E-state index contributed by atoms with van der Waals surface area (Å²) in [6, 6.07) is 26.0. The van der Waals surface area contributed by atoms with Gasteiger partial charge in [0.05, 0.1) is 26.4 Å². The van der Waals surface area contributed by atoms with Crippen molar-refractivity contribution in [1.29, 1.82) is 0 Å². The van der Waals surface area contributed by atoms with Crippen LogP contribution in [-0.4, -0.2) is 51.6 Å². The van der Waals surface area contributed by atoms with Crippen molar-refractivity contribution < 1.29 is 28.5 Å². The molecule has 0 aromatic heterocycles. The number of carbonyl (C=O) groups is 2. The SMILES string of the molecule is CCOC(=O)COCCc1ccc(Br)cc1.CCOC(=O)COCCc1ccc(C#Cc2ccccc2)cc1. The second kappa shape index (κ2) is 19.6. The van der Waals surface area contributed by atoms with Crippen LogP contribution in [0.4, 0.5) is 0 Å². The Hall–Kier alpha value is -3.44. The second-order valence-corrected chi connectivity index (χ2v) is 9.07. The molecule has 6 nitrogen and oxygen atoms in total. The molecule has 0 aliphatic heterocycles. The second-order valence-electron chi connectivity index (χ2n) is 8.15. The van der Waals surface area contributed by atoms with E-state index in [0.29, 0.717) is 26.4 Å². The van der Waals surface area contributed by atoms with Gasteiger partial charge >= 0.3 is 11.9 Å². The smallest absolute Gasteiger partial charge is 0.332 e. The quantitative estimate of drug-likeness (QED) is 0.150. The lowest BCUT2D eigenvalue weighted by Crippen LogP contribution is -2.13. The first kappa shape index (κ1) is 31.8. The normalized spacial score (nSPS) is 9.92. The van der Waals surface area contributed by atoms with Crippen molar-refractivity contribution in [2.45, 2.75) is 26.7 Å². The molecule has 0 fully saturated rings. The summed E-state index contributed by atoms with van der Waals surface area (Å²) in [6.07, 6.45) is 1.55. The van der Waals surface area contributed by atoms with Crippen LogP contribution in [0.3, 0.4) is 0 Å². The molecule has 206 valence electrons. The Kier molecular flexibility index (Phi) is 16.0. The Morgan fingerprint density at radius 3 is 1.54 bits per heavy atom. The summed E-state index contributed by atoms with van der Waals surface area (Å²) < 4.78 is 21.1. The van der Waals surface area contributed by atoms with Crippen LogP contribution in [0.25, 0.3) is 0 Å². The van der Waals surface area contributed by atoms with Gasteiger partial charge in [-0.2, -0.15) is 0 Å². The van der Waals surface area contributed by atoms with E-state index in [0.717, 1.165) is 34.0 Å². The Bertz CT molecular complexity index is 1170. The average molecular weight is 596 g/mol. The third-order valence-electron chi connectivity index (χ3n) is 5.11. The molecule has 3 rings (SSSR count). The minimum Gasteiger partial charge on any atom is -0.464 e. The van der Waals surface area contributed by atoms with Crippen LogP contribution >= 0.6 is 15.9 Å². The first-order chi connectivity index (χ1) is 19.0. The lowest BCUT2D eigenvalue weighted by molar-refractivity contribution is -0.149.